The molecule has 1 saturated heterocycles. The van der Waals surface area contributed by atoms with Crippen molar-refractivity contribution in [1.82, 2.24) is 15.1 Å². The molecule has 7 heteroatoms. The van der Waals surface area contributed by atoms with Crippen LogP contribution in [0.3, 0.4) is 0 Å². The molecule has 1 aliphatic rings. The average Bonchev–Trinajstić information content (AvgIpc) is 3.25. The molecule has 0 saturated carbocycles. The number of nitrogens with zero attached hydrogens (tertiary/aromatic N) is 4. The van der Waals surface area contributed by atoms with Crippen LogP contribution in [0.25, 0.3) is 0 Å². The third-order valence-corrected chi connectivity index (χ3v) is 6.13. The van der Waals surface area contributed by atoms with E-state index in [-0.39, 0.29) is 0 Å². The highest BCUT2D eigenvalue weighted by molar-refractivity contribution is 7.10. The van der Waals surface area contributed by atoms with Crippen LogP contribution in [0.1, 0.15) is 10.9 Å². The standard InChI is InChI=1S/C21H31N5OS/c1-22-21(23-16-19(24(2)3)20-9-6-14-28-20)26-12-10-25(11-13-26)17-7-5-8-18(15-17)27-4/h5-9,14-15,19H,10-13,16H2,1-4H3,(H,22,23). The SMILES string of the molecule is CN=C(NCC(c1cccs1)N(C)C)N1CCN(c2cccc(OC)c2)CC1. The summed E-state index contributed by atoms with van der Waals surface area (Å²) >= 11 is 1.80. The first-order valence-electron chi connectivity index (χ1n) is 9.66. The summed E-state index contributed by atoms with van der Waals surface area (Å²) in [6.07, 6.45) is 0. The van der Waals surface area contributed by atoms with Crippen molar-refractivity contribution < 1.29 is 4.74 Å². The topological polar surface area (TPSA) is 43.3 Å². The molecule has 2 heterocycles. The molecular formula is C21H31N5OS. The van der Waals surface area contributed by atoms with Gasteiger partial charge < -0.3 is 24.8 Å². The number of benzene rings is 1. The molecule has 1 aromatic carbocycles. The van der Waals surface area contributed by atoms with E-state index in [2.05, 4.69) is 68.7 Å². The van der Waals surface area contributed by atoms with Gasteiger partial charge in [-0.15, -0.1) is 11.3 Å². The second kappa shape index (κ2) is 9.80. The van der Waals surface area contributed by atoms with Crippen LogP contribution in [0.5, 0.6) is 5.75 Å². The summed E-state index contributed by atoms with van der Waals surface area (Å²) in [6, 6.07) is 12.9. The number of hydrogen-bond acceptors (Lipinski definition) is 5. The van der Waals surface area contributed by atoms with Crippen LogP contribution in [0.15, 0.2) is 46.8 Å². The molecule has 0 amide bonds. The summed E-state index contributed by atoms with van der Waals surface area (Å²) in [7, 11) is 7.83. The molecule has 1 aliphatic heterocycles. The minimum atomic E-state index is 0.342. The van der Waals surface area contributed by atoms with E-state index in [9.17, 15) is 0 Å². The van der Waals surface area contributed by atoms with Gasteiger partial charge in [0.15, 0.2) is 5.96 Å². The highest BCUT2D eigenvalue weighted by Gasteiger charge is 2.22. The van der Waals surface area contributed by atoms with Gasteiger partial charge in [0, 0.05) is 56.4 Å². The van der Waals surface area contributed by atoms with E-state index in [0.29, 0.717) is 6.04 Å². The Kier molecular flexibility index (Phi) is 7.17. The van der Waals surface area contributed by atoms with Gasteiger partial charge in [0.1, 0.15) is 5.75 Å². The predicted molar refractivity (Wildman–Crippen MR) is 119 cm³/mol. The minimum absolute atomic E-state index is 0.342. The maximum atomic E-state index is 5.36. The average molecular weight is 402 g/mol. The first kappa shape index (κ1) is 20.5. The third kappa shape index (κ3) is 4.97. The zero-order valence-corrected chi connectivity index (χ0v) is 18.1. The number of ether oxygens (including phenoxy) is 1. The smallest absolute Gasteiger partial charge is 0.193 e. The second-order valence-corrected chi connectivity index (χ2v) is 8.08. The van der Waals surface area contributed by atoms with Crippen molar-refractivity contribution in [3.63, 3.8) is 0 Å². The highest BCUT2D eigenvalue weighted by atomic mass is 32.1. The molecule has 1 unspecified atom stereocenters. The fourth-order valence-electron chi connectivity index (χ4n) is 3.52. The Morgan fingerprint density at radius 2 is 2.00 bits per heavy atom. The van der Waals surface area contributed by atoms with E-state index < -0.39 is 0 Å². The summed E-state index contributed by atoms with van der Waals surface area (Å²) in [4.78, 5) is 12.9. The molecule has 0 bridgehead atoms. The number of anilines is 1. The lowest BCUT2D eigenvalue weighted by molar-refractivity contribution is 0.296. The summed E-state index contributed by atoms with van der Waals surface area (Å²) < 4.78 is 5.36. The maximum absolute atomic E-state index is 5.36. The Labute approximate surface area is 172 Å². The van der Waals surface area contributed by atoms with E-state index in [1.807, 2.05) is 19.2 Å². The molecule has 6 nitrogen and oxygen atoms in total. The van der Waals surface area contributed by atoms with Crippen LogP contribution < -0.4 is 15.0 Å². The molecule has 0 aliphatic carbocycles. The van der Waals surface area contributed by atoms with Crippen molar-refractivity contribution in [3.05, 3.63) is 46.7 Å². The van der Waals surface area contributed by atoms with Crippen molar-refractivity contribution in [3.8, 4) is 5.75 Å². The van der Waals surface area contributed by atoms with Gasteiger partial charge in [-0.1, -0.05) is 12.1 Å². The quantitative estimate of drug-likeness (QED) is 0.596. The van der Waals surface area contributed by atoms with Crippen molar-refractivity contribution in [1.29, 1.82) is 0 Å². The molecule has 1 atom stereocenters. The molecule has 152 valence electrons. The van der Waals surface area contributed by atoms with Crippen LogP contribution >= 0.6 is 11.3 Å². The largest absolute Gasteiger partial charge is 0.497 e. The van der Waals surface area contributed by atoms with Crippen LogP contribution in [-0.2, 0) is 0 Å². The summed E-state index contributed by atoms with van der Waals surface area (Å²) in [5.41, 5.74) is 1.22. The van der Waals surface area contributed by atoms with Crippen LogP contribution in [-0.4, -0.2) is 76.7 Å². The predicted octanol–water partition coefficient (Wildman–Crippen LogP) is 2.76. The molecular weight excluding hydrogens is 370 g/mol. The van der Waals surface area contributed by atoms with Crippen molar-refractivity contribution in [2.24, 2.45) is 4.99 Å². The molecule has 0 spiro atoms. The van der Waals surface area contributed by atoms with Gasteiger partial charge in [0.05, 0.1) is 13.2 Å². The van der Waals surface area contributed by atoms with Gasteiger partial charge >= 0.3 is 0 Å². The zero-order valence-electron chi connectivity index (χ0n) is 17.3. The first-order valence-corrected chi connectivity index (χ1v) is 10.5. The number of methoxy groups -OCH3 is 1. The van der Waals surface area contributed by atoms with Gasteiger partial charge in [0.25, 0.3) is 0 Å². The fourth-order valence-corrected chi connectivity index (χ4v) is 4.45. The number of rotatable bonds is 6. The third-order valence-electron chi connectivity index (χ3n) is 5.16. The minimum Gasteiger partial charge on any atom is -0.497 e. The fraction of sp³-hybridized carbons (Fsp3) is 0.476. The number of guanidine groups is 1. The van der Waals surface area contributed by atoms with Crippen molar-refractivity contribution in [2.45, 2.75) is 6.04 Å². The van der Waals surface area contributed by atoms with E-state index in [0.717, 1.165) is 44.4 Å². The Bertz CT molecular complexity index is 754. The lowest BCUT2D eigenvalue weighted by Gasteiger charge is -2.38. The normalized spacial score (nSPS) is 16.4. The zero-order chi connectivity index (χ0) is 19.9. The Hall–Kier alpha value is -2.25. The summed E-state index contributed by atoms with van der Waals surface area (Å²) in [5.74, 6) is 1.88. The van der Waals surface area contributed by atoms with Crippen LogP contribution in [0, 0.1) is 0 Å². The lowest BCUT2D eigenvalue weighted by atomic mass is 10.2. The highest BCUT2D eigenvalue weighted by Crippen LogP contribution is 2.23. The number of thiophene rings is 1. The number of nitrogens with one attached hydrogen (secondary N) is 1. The second-order valence-electron chi connectivity index (χ2n) is 7.10. The molecule has 2 aromatic rings. The number of piperazine rings is 1. The molecule has 28 heavy (non-hydrogen) atoms. The Balaban J connectivity index is 1.56. The Morgan fingerprint density at radius 3 is 2.61 bits per heavy atom. The van der Waals surface area contributed by atoms with Crippen LogP contribution in [0.2, 0.25) is 0 Å². The van der Waals surface area contributed by atoms with Gasteiger partial charge in [-0.25, -0.2) is 0 Å². The van der Waals surface area contributed by atoms with Crippen molar-refractivity contribution >= 4 is 23.0 Å². The molecule has 1 N–H and O–H groups in total. The monoisotopic (exact) mass is 401 g/mol. The maximum Gasteiger partial charge on any atom is 0.193 e. The molecule has 0 radical (unpaired) electrons. The van der Waals surface area contributed by atoms with E-state index in [1.54, 1.807) is 18.4 Å². The van der Waals surface area contributed by atoms with Gasteiger partial charge in [-0.2, -0.15) is 0 Å². The first-order chi connectivity index (χ1) is 13.6. The number of aliphatic imine (C=N–C) groups is 1. The van der Waals surface area contributed by atoms with Crippen molar-refractivity contribution in [2.75, 3.05) is 65.9 Å². The van der Waals surface area contributed by atoms with E-state index in [1.165, 1.54) is 10.6 Å². The van der Waals surface area contributed by atoms with Gasteiger partial charge in [-0.05, 0) is 37.7 Å². The molecule has 1 fully saturated rings. The lowest BCUT2D eigenvalue weighted by Crippen LogP contribution is -2.53. The molecule has 3 rings (SSSR count). The van der Waals surface area contributed by atoms with Gasteiger partial charge in [-0.3, -0.25) is 4.99 Å². The van der Waals surface area contributed by atoms with Gasteiger partial charge in [0.2, 0.25) is 0 Å². The summed E-state index contributed by atoms with van der Waals surface area (Å²) in [6.45, 7) is 4.67. The number of likely N-dealkylation sites (N-methyl/N-ethyl adjacent to an activating group) is 1. The number of hydrogen-bond donors (Lipinski definition) is 1. The van der Waals surface area contributed by atoms with E-state index >= 15 is 0 Å². The molecule has 1 aromatic heterocycles. The Morgan fingerprint density at radius 1 is 1.21 bits per heavy atom. The van der Waals surface area contributed by atoms with E-state index in [4.69, 9.17) is 4.74 Å². The summed E-state index contributed by atoms with van der Waals surface area (Å²) in [5, 5.41) is 5.72. The van der Waals surface area contributed by atoms with Crippen LogP contribution in [0.4, 0.5) is 5.69 Å².